The predicted octanol–water partition coefficient (Wildman–Crippen LogP) is 4.09. The van der Waals surface area contributed by atoms with E-state index in [1.54, 1.807) is 0 Å². The van der Waals surface area contributed by atoms with Gasteiger partial charge >= 0.3 is 6.18 Å². The zero-order valence-electron chi connectivity index (χ0n) is 7.51. The van der Waals surface area contributed by atoms with Crippen molar-refractivity contribution in [2.75, 3.05) is 0 Å². The second-order valence-corrected chi connectivity index (χ2v) is 2.75. The summed E-state index contributed by atoms with van der Waals surface area (Å²) in [6.07, 6.45) is -4.74. The highest BCUT2D eigenvalue weighted by atomic mass is 19.4. The molecule has 0 bridgehead atoms. The van der Waals surface area contributed by atoms with E-state index < -0.39 is 28.8 Å². The van der Waals surface area contributed by atoms with Gasteiger partial charge in [0.2, 0.25) is 0 Å². The van der Waals surface area contributed by atoms with Crippen molar-refractivity contribution in [3.05, 3.63) is 39.5 Å². The summed E-state index contributed by atoms with van der Waals surface area (Å²) in [5.41, 5.74) is 5.63. The van der Waals surface area contributed by atoms with Gasteiger partial charge in [0, 0.05) is 4.91 Å². The van der Waals surface area contributed by atoms with Gasteiger partial charge in [0.05, 0.1) is 11.3 Å². The Hall–Kier alpha value is -1.75. The Bertz CT molecular complexity index is 432. The second kappa shape index (κ2) is 3.78. The molecule has 0 aliphatic carbocycles. The minimum atomic E-state index is -4.74. The number of halogens is 4. The lowest BCUT2D eigenvalue weighted by Crippen LogP contribution is -2.09. The molecule has 0 radical (unpaired) electrons. The molecule has 0 aliphatic heterocycles. The summed E-state index contributed by atoms with van der Waals surface area (Å²) in [4.78, 5) is 2.25. The molecule has 15 heavy (non-hydrogen) atoms. The maximum Gasteiger partial charge on any atom is 0.417 e. The predicted molar refractivity (Wildman–Crippen MR) is 44.9 cm³/mol. The molecule has 1 rings (SSSR count). The molecule has 0 aromatic heterocycles. The van der Waals surface area contributed by atoms with Gasteiger partial charge in [-0.3, -0.25) is 0 Å². The minimum Gasteiger partial charge on any atom is -0.207 e. The lowest BCUT2D eigenvalue weighted by molar-refractivity contribution is -0.137. The van der Waals surface area contributed by atoms with Gasteiger partial charge in [-0.2, -0.15) is 13.2 Å². The van der Waals surface area contributed by atoms with E-state index in [2.05, 4.69) is 10.0 Å². The summed E-state index contributed by atoms with van der Waals surface area (Å²) >= 11 is 0. The van der Waals surface area contributed by atoms with E-state index in [4.69, 9.17) is 5.53 Å². The Morgan fingerprint density at radius 1 is 1.33 bits per heavy atom. The fourth-order valence-electron chi connectivity index (χ4n) is 1.16. The molecular weight excluding hydrogens is 214 g/mol. The molecule has 0 atom stereocenters. The van der Waals surface area contributed by atoms with Gasteiger partial charge in [-0.25, -0.2) is 4.39 Å². The Kier molecular flexibility index (Phi) is 2.85. The first kappa shape index (κ1) is 11.3. The lowest BCUT2D eigenvalue weighted by Gasteiger charge is -2.13. The van der Waals surface area contributed by atoms with Crippen LogP contribution in [0.25, 0.3) is 10.4 Å². The number of benzene rings is 1. The Labute approximate surface area is 82.0 Å². The third-order valence-corrected chi connectivity index (χ3v) is 1.81. The maximum absolute atomic E-state index is 12.9. The number of hydrogen-bond donors (Lipinski definition) is 0. The molecule has 0 saturated carbocycles. The van der Waals surface area contributed by atoms with Crippen LogP contribution in [0.3, 0.4) is 0 Å². The minimum absolute atomic E-state index is 0.576. The van der Waals surface area contributed by atoms with Crippen molar-refractivity contribution >= 4 is 5.69 Å². The molecule has 0 spiro atoms. The maximum atomic E-state index is 12.9. The largest absolute Gasteiger partial charge is 0.417 e. The van der Waals surface area contributed by atoms with Gasteiger partial charge in [-0.05, 0) is 30.2 Å². The SMILES string of the molecule is Cc1c(F)ccc(N=[N+]=[N-])c1C(F)(F)F. The van der Waals surface area contributed by atoms with Crippen LogP contribution in [0, 0.1) is 12.7 Å². The Balaban J connectivity index is 3.56. The van der Waals surface area contributed by atoms with Crippen LogP contribution in [-0.4, -0.2) is 0 Å². The average molecular weight is 219 g/mol. The quantitative estimate of drug-likeness (QED) is 0.295. The van der Waals surface area contributed by atoms with Crippen molar-refractivity contribution < 1.29 is 17.6 Å². The summed E-state index contributed by atoms with van der Waals surface area (Å²) in [7, 11) is 0. The molecule has 1 aromatic carbocycles. The molecule has 7 heteroatoms. The first-order chi connectivity index (χ1) is 6.88. The third kappa shape index (κ3) is 2.19. The molecular formula is C8H5F4N3. The molecule has 1 aromatic rings. The van der Waals surface area contributed by atoms with Crippen molar-refractivity contribution in [2.24, 2.45) is 5.11 Å². The number of nitrogens with zero attached hydrogens (tertiary/aromatic N) is 3. The van der Waals surface area contributed by atoms with Crippen molar-refractivity contribution in [3.63, 3.8) is 0 Å². The van der Waals surface area contributed by atoms with Gasteiger partial charge in [0.15, 0.2) is 0 Å². The normalized spacial score (nSPS) is 11.0. The smallest absolute Gasteiger partial charge is 0.207 e. The standard InChI is InChI=1S/C8H5F4N3/c1-4-5(9)2-3-6(14-15-13)7(4)8(10,11)12/h2-3H,1H3. The molecule has 80 valence electrons. The van der Waals surface area contributed by atoms with Crippen molar-refractivity contribution in [1.82, 2.24) is 0 Å². The summed E-state index contributed by atoms with van der Waals surface area (Å²) in [6.45, 7) is 0.981. The topological polar surface area (TPSA) is 48.8 Å². The highest BCUT2D eigenvalue weighted by Gasteiger charge is 2.35. The summed E-state index contributed by atoms with van der Waals surface area (Å²) < 4.78 is 50.3. The number of hydrogen-bond acceptors (Lipinski definition) is 1. The highest BCUT2D eigenvalue weighted by Crippen LogP contribution is 2.39. The van der Waals surface area contributed by atoms with Crippen molar-refractivity contribution in [1.29, 1.82) is 0 Å². The number of alkyl halides is 3. The summed E-state index contributed by atoms with van der Waals surface area (Å²) in [6, 6.07) is 1.62. The van der Waals surface area contributed by atoms with Crippen LogP contribution < -0.4 is 0 Å². The fraction of sp³-hybridized carbons (Fsp3) is 0.250. The molecule has 0 aliphatic rings. The van der Waals surface area contributed by atoms with Crippen molar-refractivity contribution in [3.8, 4) is 0 Å². The number of rotatable bonds is 1. The van der Waals surface area contributed by atoms with E-state index in [1.807, 2.05) is 0 Å². The molecule has 0 unspecified atom stereocenters. The first-order valence-corrected chi connectivity index (χ1v) is 3.79. The third-order valence-electron chi connectivity index (χ3n) is 1.81. The van der Waals surface area contributed by atoms with E-state index in [0.717, 1.165) is 19.1 Å². The zero-order valence-corrected chi connectivity index (χ0v) is 7.51. The van der Waals surface area contributed by atoms with Crippen LogP contribution in [0.2, 0.25) is 0 Å². The molecule has 0 heterocycles. The van der Waals surface area contributed by atoms with E-state index in [1.165, 1.54) is 0 Å². The summed E-state index contributed by atoms with van der Waals surface area (Å²) in [5.74, 6) is -0.987. The van der Waals surface area contributed by atoms with Gasteiger partial charge in [0.1, 0.15) is 5.82 Å². The number of azide groups is 1. The van der Waals surface area contributed by atoms with Crippen LogP contribution in [-0.2, 0) is 6.18 Å². The van der Waals surface area contributed by atoms with E-state index >= 15 is 0 Å². The van der Waals surface area contributed by atoms with Gasteiger partial charge in [-0.15, -0.1) is 0 Å². The van der Waals surface area contributed by atoms with Crippen molar-refractivity contribution in [2.45, 2.75) is 13.1 Å². The highest BCUT2D eigenvalue weighted by molar-refractivity contribution is 5.52. The monoisotopic (exact) mass is 219 g/mol. The second-order valence-electron chi connectivity index (χ2n) is 2.75. The molecule has 0 amide bonds. The Morgan fingerprint density at radius 3 is 2.40 bits per heavy atom. The molecule has 0 saturated heterocycles. The lowest BCUT2D eigenvalue weighted by atomic mass is 10.1. The fourth-order valence-corrected chi connectivity index (χ4v) is 1.16. The van der Waals surface area contributed by atoms with E-state index in [0.29, 0.717) is 0 Å². The van der Waals surface area contributed by atoms with Crippen LogP contribution in [0.15, 0.2) is 17.2 Å². The van der Waals surface area contributed by atoms with Gasteiger partial charge in [0.25, 0.3) is 0 Å². The van der Waals surface area contributed by atoms with Crippen LogP contribution in [0.1, 0.15) is 11.1 Å². The summed E-state index contributed by atoms with van der Waals surface area (Å²) in [5, 5.41) is 2.87. The van der Waals surface area contributed by atoms with Crippen LogP contribution in [0.5, 0.6) is 0 Å². The van der Waals surface area contributed by atoms with Gasteiger partial charge < -0.3 is 0 Å². The Morgan fingerprint density at radius 2 is 1.93 bits per heavy atom. The first-order valence-electron chi connectivity index (χ1n) is 3.79. The van der Waals surface area contributed by atoms with Crippen LogP contribution in [0.4, 0.5) is 23.2 Å². The van der Waals surface area contributed by atoms with E-state index in [9.17, 15) is 17.6 Å². The van der Waals surface area contributed by atoms with Crippen LogP contribution >= 0.6 is 0 Å². The van der Waals surface area contributed by atoms with Gasteiger partial charge in [-0.1, -0.05) is 5.11 Å². The molecule has 0 fully saturated rings. The average Bonchev–Trinajstić information content (AvgIpc) is 2.10. The molecule has 0 N–H and O–H groups in total. The zero-order chi connectivity index (χ0) is 11.6. The van der Waals surface area contributed by atoms with E-state index in [-0.39, 0.29) is 0 Å². The molecule has 3 nitrogen and oxygen atoms in total.